The fourth-order valence-electron chi connectivity index (χ4n) is 0.913. The van der Waals surface area contributed by atoms with E-state index in [4.69, 9.17) is 0 Å². The lowest BCUT2D eigenvalue weighted by molar-refractivity contribution is 0.0600. The molecule has 5 heteroatoms. The number of aromatic nitrogens is 1. The Balaban J connectivity index is 3.20. The minimum Gasteiger partial charge on any atom is -0.465 e. The van der Waals surface area contributed by atoms with Gasteiger partial charge in [0.15, 0.2) is 5.78 Å². The van der Waals surface area contributed by atoms with Gasteiger partial charge in [0.1, 0.15) is 10.3 Å². The second kappa shape index (κ2) is 4.32. The van der Waals surface area contributed by atoms with Crippen molar-refractivity contribution in [3.8, 4) is 0 Å². The van der Waals surface area contributed by atoms with Crippen LogP contribution in [0.15, 0.2) is 16.7 Å². The van der Waals surface area contributed by atoms with Crippen molar-refractivity contribution < 1.29 is 14.3 Å². The second-order valence-electron chi connectivity index (χ2n) is 2.61. The van der Waals surface area contributed by atoms with Crippen LogP contribution in [0.5, 0.6) is 0 Å². The molecule has 0 aliphatic heterocycles. The highest BCUT2D eigenvalue weighted by Gasteiger charge is 2.10. The van der Waals surface area contributed by atoms with Crippen LogP contribution in [0, 0.1) is 0 Å². The highest BCUT2D eigenvalue weighted by molar-refractivity contribution is 9.10. The van der Waals surface area contributed by atoms with Crippen LogP contribution in [0.4, 0.5) is 0 Å². The van der Waals surface area contributed by atoms with Crippen molar-refractivity contribution >= 4 is 27.7 Å². The maximum absolute atomic E-state index is 11.2. The maximum atomic E-state index is 11.2. The third-order valence-electron chi connectivity index (χ3n) is 1.58. The lowest BCUT2D eigenvalue weighted by Crippen LogP contribution is -2.05. The number of ether oxygens (including phenoxy) is 1. The molecule has 1 rings (SSSR count). The first-order chi connectivity index (χ1) is 6.54. The fourth-order valence-corrected chi connectivity index (χ4v) is 1.35. The molecule has 0 aliphatic rings. The maximum Gasteiger partial charge on any atom is 0.338 e. The molecule has 0 aromatic carbocycles. The molecule has 4 nitrogen and oxygen atoms in total. The molecule has 0 saturated carbocycles. The number of methoxy groups -OCH3 is 1. The van der Waals surface area contributed by atoms with Crippen LogP contribution in [0.1, 0.15) is 27.8 Å². The Labute approximate surface area is 89.4 Å². The zero-order chi connectivity index (χ0) is 10.7. The number of nitrogens with zero attached hydrogens (tertiary/aromatic N) is 1. The standard InChI is InChI=1S/C9H8BrNO3/c1-5(12)7-3-6(9(13)14-2)4-8(10)11-7/h3-4H,1-2H3. The zero-order valence-electron chi connectivity index (χ0n) is 7.70. The van der Waals surface area contributed by atoms with Crippen molar-refractivity contribution in [2.75, 3.05) is 7.11 Å². The number of Topliss-reactive ketones (excluding diaryl/α,β-unsaturated/α-hetero) is 1. The number of rotatable bonds is 2. The summed E-state index contributed by atoms with van der Waals surface area (Å²) in [6.07, 6.45) is 0. The number of halogens is 1. The Kier molecular flexibility index (Phi) is 3.35. The minimum absolute atomic E-state index is 0.198. The lowest BCUT2D eigenvalue weighted by Gasteiger charge is -2.01. The van der Waals surface area contributed by atoms with Gasteiger partial charge in [0, 0.05) is 6.92 Å². The van der Waals surface area contributed by atoms with Crippen LogP contribution in [-0.4, -0.2) is 23.8 Å². The van der Waals surface area contributed by atoms with Gasteiger partial charge in [-0.25, -0.2) is 9.78 Å². The van der Waals surface area contributed by atoms with Crippen LogP contribution in [0.25, 0.3) is 0 Å². The van der Waals surface area contributed by atoms with E-state index in [0.717, 1.165) is 0 Å². The van der Waals surface area contributed by atoms with Gasteiger partial charge in [0.2, 0.25) is 0 Å². The van der Waals surface area contributed by atoms with Crippen molar-refractivity contribution in [1.82, 2.24) is 4.98 Å². The molecule has 0 bridgehead atoms. The van der Waals surface area contributed by atoms with Gasteiger partial charge in [-0.15, -0.1) is 0 Å². The summed E-state index contributed by atoms with van der Waals surface area (Å²) in [5.74, 6) is -0.688. The van der Waals surface area contributed by atoms with E-state index in [0.29, 0.717) is 10.2 Å². The van der Waals surface area contributed by atoms with Crippen LogP contribution in [-0.2, 0) is 4.74 Å². The number of carbonyl (C=O) groups is 2. The molecule has 1 aromatic heterocycles. The zero-order valence-corrected chi connectivity index (χ0v) is 9.29. The van der Waals surface area contributed by atoms with E-state index < -0.39 is 5.97 Å². The molecule has 0 fully saturated rings. The van der Waals surface area contributed by atoms with Crippen LogP contribution >= 0.6 is 15.9 Å². The molecular weight excluding hydrogens is 250 g/mol. The molecule has 1 aromatic rings. The van der Waals surface area contributed by atoms with E-state index in [1.807, 2.05) is 0 Å². The van der Waals surface area contributed by atoms with Crippen LogP contribution in [0.3, 0.4) is 0 Å². The molecule has 74 valence electrons. The Hall–Kier alpha value is -1.23. The molecule has 14 heavy (non-hydrogen) atoms. The molecule has 0 N–H and O–H groups in total. The Bertz CT molecular complexity index is 390. The summed E-state index contributed by atoms with van der Waals surface area (Å²) in [5, 5.41) is 0. The summed E-state index contributed by atoms with van der Waals surface area (Å²) in [6, 6.07) is 2.90. The van der Waals surface area contributed by atoms with Crippen molar-refractivity contribution in [3.05, 3.63) is 28.0 Å². The highest BCUT2D eigenvalue weighted by Crippen LogP contribution is 2.12. The van der Waals surface area contributed by atoms with Crippen LogP contribution < -0.4 is 0 Å². The largest absolute Gasteiger partial charge is 0.465 e. The summed E-state index contributed by atoms with van der Waals surface area (Å²) in [4.78, 5) is 26.1. The first-order valence-electron chi connectivity index (χ1n) is 3.81. The van der Waals surface area contributed by atoms with Crippen molar-refractivity contribution in [3.63, 3.8) is 0 Å². The molecular formula is C9H8BrNO3. The van der Waals surface area contributed by atoms with E-state index in [1.54, 1.807) is 0 Å². The van der Waals surface area contributed by atoms with Gasteiger partial charge in [-0.2, -0.15) is 0 Å². The molecule has 0 amide bonds. The van der Waals surface area contributed by atoms with Gasteiger partial charge < -0.3 is 4.74 Å². The second-order valence-corrected chi connectivity index (χ2v) is 3.42. The average molecular weight is 258 g/mol. The normalized spacial score (nSPS) is 9.64. The number of hydrogen-bond donors (Lipinski definition) is 0. The molecule has 0 radical (unpaired) electrons. The molecule has 0 unspecified atom stereocenters. The van der Waals surface area contributed by atoms with E-state index in [1.165, 1.54) is 26.2 Å². The highest BCUT2D eigenvalue weighted by atomic mass is 79.9. The van der Waals surface area contributed by atoms with E-state index in [-0.39, 0.29) is 11.5 Å². The van der Waals surface area contributed by atoms with Gasteiger partial charge in [0.25, 0.3) is 0 Å². The van der Waals surface area contributed by atoms with Crippen molar-refractivity contribution in [1.29, 1.82) is 0 Å². The predicted molar refractivity (Wildman–Crippen MR) is 53.3 cm³/mol. The molecule has 0 saturated heterocycles. The van der Waals surface area contributed by atoms with Crippen molar-refractivity contribution in [2.45, 2.75) is 6.92 Å². The number of esters is 1. The van der Waals surface area contributed by atoms with Gasteiger partial charge in [-0.3, -0.25) is 4.79 Å². The number of hydrogen-bond acceptors (Lipinski definition) is 4. The summed E-state index contributed by atoms with van der Waals surface area (Å²) in [5.41, 5.74) is 0.541. The molecule has 0 aliphatic carbocycles. The van der Waals surface area contributed by atoms with Gasteiger partial charge >= 0.3 is 5.97 Å². The van der Waals surface area contributed by atoms with Crippen LogP contribution in [0.2, 0.25) is 0 Å². The Morgan fingerprint density at radius 2 is 2.07 bits per heavy atom. The molecule has 0 atom stereocenters. The SMILES string of the molecule is COC(=O)c1cc(Br)nc(C(C)=O)c1. The lowest BCUT2D eigenvalue weighted by atomic mass is 10.2. The minimum atomic E-state index is -0.490. The fraction of sp³-hybridized carbons (Fsp3) is 0.222. The molecule has 0 spiro atoms. The quantitative estimate of drug-likeness (QED) is 0.461. The number of pyridine rings is 1. The summed E-state index contributed by atoms with van der Waals surface area (Å²) >= 11 is 3.11. The Morgan fingerprint density at radius 1 is 1.43 bits per heavy atom. The summed E-state index contributed by atoms with van der Waals surface area (Å²) < 4.78 is 4.96. The first-order valence-corrected chi connectivity index (χ1v) is 4.60. The number of carbonyl (C=O) groups excluding carboxylic acids is 2. The van der Waals surface area contributed by atoms with E-state index in [2.05, 4.69) is 25.7 Å². The van der Waals surface area contributed by atoms with Gasteiger partial charge in [-0.05, 0) is 28.1 Å². The molecule has 1 heterocycles. The van der Waals surface area contributed by atoms with Gasteiger partial charge in [-0.1, -0.05) is 0 Å². The summed E-state index contributed by atoms with van der Waals surface area (Å²) in [7, 11) is 1.28. The first kappa shape index (κ1) is 10.8. The van der Waals surface area contributed by atoms with E-state index >= 15 is 0 Å². The summed E-state index contributed by atoms with van der Waals surface area (Å²) in [6.45, 7) is 1.38. The third-order valence-corrected chi connectivity index (χ3v) is 1.98. The average Bonchev–Trinajstić information content (AvgIpc) is 2.15. The smallest absolute Gasteiger partial charge is 0.338 e. The topological polar surface area (TPSA) is 56.3 Å². The number of ketones is 1. The predicted octanol–water partition coefficient (Wildman–Crippen LogP) is 1.83. The van der Waals surface area contributed by atoms with Gasteiger partial charge in [0.05, 0.1) is 12.7 Å². The monoisotopic (exact) mass is 257 g/mol. The van der Waals surface area contributed by atoms with Crippen molar-refractivity contribution in [2.24, 2.45) is 0 Å². The van der Waals surface area contributed by atoms with E-state index in [9.17, 15) is 9.59 Å². The third kappa shape index (κ3) is 2.38. The Morgan fingerprint density at radius 3 is 2.57 bits per heavy atom.